The highest BCUT2D eigenvalue weighted by Crippen LogP contribution is 2.27. The summed E-state index contributed by atoms with van der Waals surface area (Å²) in [7, 11) is 0. The summed E-state index contributed by atoms with van der Waals surface area (Å²) >= 11 is 2.94. The Morgan fingerprint density at radius 3 is 2.65 bits per heavy atom. The summed E-state index contributed by atoms with van der Waals surface area (Å²) in [5, 5.41) is 12.4. The Labute approximate surface area is 162 Å². The van der Waals surface area contributed by atoms with E-state index in [1.165, 1.54) is 23.1 Å². The zero-order chi connectivity index (χ0) is 18.6. The number of aromatic nitrogens is 3. The number of piperazine rings is 1. The minimum absolute atomic E-state index is 0.0510. The molecule has 1 aliphatic rings. The molecule has 0 bridgehead atoms. The normalized spacial score (nSPS) is 15.2. The largest absolute Gasteiger partial charge is 0.355 e. The quantitative estimate of drug-likeness (QED) is 0.784. The molecule has 9 heteroatoms. The summed E-state index contributed by atoms with van der Waals surface area (Å²) in [5.41, 5.74) is -0.0510. The van der Waals surface area contributed by atoms with Gasteiger partial charge in [-0.3, -0.25) is 4.79 Å². The molecular weight excluding hydrogens is 368 g/mol. The first kappa shape index (κ1) is 18.9. The second-order valence-electron chi connectivity index (χ2n) is 7.09. The zero-order valence-electron chi connectivity index (χ0n) is 15.3. The first-order valence-electron chi connectivity index (χ1n) is 8.59. The van der Waals surface area contributed by atoms with Gasteiger partial charge in [0.05, 0.1) is 5.75 Å². The van der Waals surface area contributed by atoms with Gasteiger partial charge >= 0.3 is 0 Å². The standard InChI is InChI=1S/C17H24N6OS2/c1-17(2,3)19-15-20-21-16(26-15)25-12-14(24)23-10-8-22(9-11-23)13-6-4-5-7-18-13/h4-7H,8-12H2,1-3H3,(H,19,20). The van der Waals surface area contributed by atoms with E-state index in [0.717, 1.165) is 41.5 Å². The van der Waals surface area contributed by atoms with Crippen LogP contribution in [0, 0.1) is 0 Å². The molecule has 3 rings (SSSR count). The number of pyridine rings is 1. The lowest BCUT2D eigenvalue weighted by atomic mass is 10.1. The molecule has 1 fully saturated rings. The molecule has 1 aliphatic heterocycles. The van der Waals surface area contributed by atoms with Gasteiger partial charge in [0.15, 0.2) is 4.34 Å². The lowest BCUT2D eigenvalue weighted by Gasteiger charge is -2.35. The van der Waals surface area contributed by atoms with Crippen molar-refractivity contribution < 1.29 is 4.79 Å². The number of anilines is 2. The predicted octanol–water partition coefficient (Wildman–Crippen LogP) is 2.58. The minimum Gasteiger partial charge on any atom is -0.355 e. The van der Waals surface area contributed by atoms with Gasteiger partial charge in [0, 0.05) is 37.9 Å². The maximum atomic E-state index is 12.5. The van der Waals surface area contributed by atoms with Gasteiger partial charge in [0.25, 0.3) is 0 Å². The third kappa shape index (κ3) is 5.31. The van der Waals surface area contributed by atoms with Crippen LogP contribution in [-0.4, -0.2) is 63.5 Å². The Morgan fingerprint density at radius 2 is 2.00 bits per heavy atom. The van der Waals surface area contributed by atoms with Crippen molar-refractivity contribution in [3.05, 3.63) is 24.4 Å². The van der Waals surface area contributed by atoms with Crippen LogP contribution < -0.4 is 10.2 Å². The lowest BCUT2D eigenvalue weighted by Crippen LogP contribution is -2.49. The smallest absolute Gasteiger partial charge is 0.233 e. The molecule has 1 N–H and O–H groups in total. The van der Waals surface area contributed by atoms with Crippen LogP contribution in [0.3, 0.4) is 0 Å². The van der Waals surface area contributed by atoms with E-state index in [-0.39, 0.29) is 11.4 Å². The average Bonchev–Trinajstić information content (AvgIpc) is 3.06. The number of thioether (sulfide) groups is 1. The Kier molecular flexibility index (Phi) is 5.98. The molecule has 0 spiro atoms. The first-order valence-corrected chi connectivity index (χ1v) is 10.4. The average molecular weight is 393 g/mol. The number of amides is 1. The summed E-state index contributed by atoms with van der Waals surface area (Å²) in [6, 6.07) is 5.91. The molecule has 26 heavy (non-hydrogen) atoms. The topological polar surface area (TPSA) is 74.2 Å². The van der Waals surface area contributed by atoms with Gasteiger partial charge in [-0.1, -0.05) is 29.2 Å². The molecule has 0 aromatic carbocycles. The first-order chi connectivity index (χ1) is 12.4. The van der Waals surface area contributed by atoms with E-state index < -0.39 is 0 Å². The molecule has 0 saturated carbocycles. The van der Waals surface area contributed by atoms with E-state index in [9.17, 15) is 4.79 Å². The van der Waals surface area contributed by atoms with Crippen LogP contribution in [0.15, 0.2) is 28.7 Å². The summed E-state index contributed by atoms with van der Waals surface area (Å²) < 4.78 is 0.817. The van der Waals surface area contributed by atoms with Gasteiger partial charge in [0.1, 0.15) is 5.82 Å². The molecule has 0 radical (unpaired) electrons. The van der Waals surface area contributed by atoms with E-state index >= 15 is 0 Å². The van der Waals surface area contributed by atoms with E-state index in [0.29, 0.717) is 5.75 Å². The summed E-state index contributed by atoms with van der Waals surface area (Å²) in [6.45, 7) is 9.31. The Balaban J connectivity index is 1.45. The molecule has 3 heterocycles. The molecule has 0 aliphatic carbocycles. The van der Waals surface area contributed by atoms with E-state index in [1.807, 2.05) is 23.1 Å². The zero-order valence-corrected chi connectivity index (χ0v) is 16.9. The van der Waals surface area contributed by atoms with Crippen LogP contribution in [0.1, 0.15) is 20.8 Å². The van der Waals surface area contributed by atoms with Crippen molar-refractivity contribution >= 4 is 40.0 Å². The molecule has 140 valence electrons. The van der Waals surface area contributed by atoms with Crippen molar-refractivity contribution in [2.75, 3.05) is 42.1 Å². The monoisotopic (exact) mass is 392 g/mol. The highest BCUT2D eigenvalue weighted by Gasteiger charge is 2.22. The van der Waals surface area contributed by atoms with Gasteiger partial charge < -0.3 is 15.1 Å². The van der Waals surface area contributed by atoms with Crippen molar-refractivity contribution in [1.82, 2.24) is 20.1 Å². The third-order valence-electron chi connectivity index (χ3n) is 3.81. The molecule has 2 aromatic heterocycles. The number of nitrogens with one attached hydrogen (secondary N) is 1. The van der Waals surface area contributed by atoms with Crippen molar-refractivity contribution in [2.24, 2.45) is 0 Å². The van der Waals surface area contributed by atoms with Gasteiger partial charge in [0.2, 0.25) is 11.0 Å². The molecule has 0 unspecified atom stereocenters. The maximum absolute atomic E-state index is 12.5. The third-order valence-corrected chi connectivity index (χ3v) is 5.77. The highest BCUT2D eigenvalue weighted by molar-refractivity contribution is 8.01. The van der Waals surface area contributed by atoms with Crippen LogP contribution in [0.5, 0.6) is 0 Å². The fourth-order valence-corrected chi connectivity index (χ4v) is 4.44. The highest BCUT2D eigenvalue weighted by atomic mass is 32.2. The summed E-state index contributed by atoms with van der Waals surface area (Å²) in [6.07, 6.45) is 1.80. The van der Waals surface area contributed by atoms with Crippen LogP contribution in [0.25, 0.3) is 0 Å². The molecule has 0 atom stereocenters. The Morgan fingerprint density at radius 1 is 1.23 bits per heavy atom. The Bertz CT molecular complexity index is 722. The van der Waals surface area contributed by atoms with E-state index in [2.05, 4.69) is 46.2 Å². The summed E-state index contributed by atoms with van der Waals surface area (Å²) in [5.74, 6) is 1.52. The Hall–Kier alpha value is -1.87. The van der Waals surface area contributed by atoms with Crippen molar-refractivity contribution in [3.8, 4) is 0 Å². The SMILES string of the molecule is CC(C)(C)Nc1nnc(SCC(=O)N2CCN(c3ccccn3)CC2)s1. The van der Waals surface area contributed by atoms with Crippen molar-refractivity contribution in [3.63, 3.8) is 0 Å². The molecule has 2 aromatic rings. The minimum atomic E-state index is -0.0510. The lowest BCUT2D eigenvalue weighted by molar-refractivity contribution is -0.128. The van der Waals surface area contributed by atoms with Crippen LogP contribution in [0.4, 0.5) is 10.9 Å². The second kappa shape index (κ2) is 8.22. The number of hydrogen-bond donors (Lipinski definition) is 1. The number of carbonyl (C=O) groups is 1. The van der Waals surface area contributed by atoms with Crippen LogP contribution in [0.2, 0.25) is 0 Å². The van der Waals surface area contributed by atoms with Gasteiger partial charge in [-0.05, 0) is 32.9 Å². The van der Waals surface area contributed by atoms with Crippen LogP contribution in [-0.2, 0) is 4.79 Å². The number of rotatable bonds is 5. The van der Waals surface area contributed by atoms with E-state index in [4.69, 9.17) is 0 Å². The van der Waals surface area contributed by atoms with Gasteiger partial charge in [-0.15, -0.1) is 10.2 Å². The summed E-state index contributed by atoms with van der Waals surface area (Å²) in [4.78, 5) is 21.0. The molecule has 1 amide bonds. The van der Waals surface area contributed by atoms with Crippen molar-refractivity contribution in [2.45, 2.75) is 30.6 Å². The van der Waals surface area contributed by atoms with Crippen LogP contribution >= 0.6 is 23.1 Å². The molecule has 1 saturated heterocycles. The molecular formula is C17H24N6OS2. The number of carbonyl (C=O) groups excluding carboxylic acids is 1. The maximum Gasteiger partial charge on any atom is 0.233 e. The second-order valence-corrected chi connectivity index (χ2v) is 9.29. The molecule has 7 nitrogen and oxygen atoms in total. The van der Waals surface area contributed by atoms with Gasteiger partial charge in [-0.2, -0.15) is 0 Å². The van der Waals surface area contributed by atoms with Crippen molar-refractivity contribution in [1.29, 1.82) is 0 Å². The number of hydrogen-bond acceptors (Lipinski definition) is 8. The number of nitrogens with zero attached hydrogens (tertiary/aromatic N) is 5. The van der Waals surface area contributed by atoms with Gasteiger partial charge in [-0.25, -0.2) is 4.98 Å². The fourth-order valence-electron chi connectivity index (χ4n) is 2.58. The predicted molar refractivity (Wildman–Crippen MR) is 107 cm³/mol. The fraction of sp³-hybridized carbons (Fsp3) is 0.529. The van der Waals surface area contributed by atoms with E-state index in [1.54, 1.807) is 6.20 Å².